The lowest BCUT2D eigenvalue weighted by Gasteiger charge is -2.06. The van der Waals surface area contributed by atoms with E-state index in [-0.39, 0.29) is 11.8 Å². The fraction of sp³-hybridized carbons (Fsp3) is 0.571. The van der Waals surface area contributed by atoms with Crippen molar-refractivity contribution >= 4 is 11.8 Å². The van der Waals surface area contributed by atoms with Gasteiger partial charge in [-0.05, 0) is 31.9 Å². The summed E-state index contributed by atoms with van der Waals surface area (Å²) in [5, 5.41) is 0. The molecular formula is C14H21NO3. The molecule has 0 unspecified atom stereocenters. The standard InChI is InChI=1S/C14H21NO3/c1-3-18-14(17)9-5-4-6-10-15-11-7-8-13(15)12(2)16/h7-8,11H,3-6,9-10H2,1-2H3. The van der Waals surface area contributed by atoms with Crippen LogP contribution in [0.3, 0.4) is 0 Å². The third-order valence-electron chi connectivity index (χ3n) is 2.78. The molecule has 0 saturated heterocycles. The highest BCUT2D eigenvalue weighted by molar-refractivity contribution is 5.92. The van der Waals surface area contributed by atoms with E-state index in [9.17, 15) is 9.59 Å². The number of aryl methyl sites for hydroxylation is 1. The molecule has 0 aliphatic rings. The molecule has 18 heavy (non-hydrogen) atoms. The lowest BCUT2D eigenvalue weighted by atomic mass is 10.2. The highest BCUT2D eigenvalue weighted by Gasteiger charge is 2.05. The predicted molar refractivity (Wildman–Crippen MR) is 69.5 cm³/mol. The van der Waals surface area contributed by atoms with Crippen LogP contribution in [-0.4, -0.2) is 22.9 Å². The molecule has 100 valence electrons. The maximum atomic E-state index is 11.3. The quantitative estimate of drug-likeness (QED) is 0.405. The molecule has 0 aliphatic carbocycles. The molecule has 0 atom stereocenters. The smallest absolute Gasteiger partial charge is 0.305 e. The number of unbranched alkanes of at least 4 members (excludes halogenated alkanes) is 2. The monoisotopic (exact) mass is 251 g/mol. The molecule has 0 spiro atoms. The normalized spacial score (nSPS) is 10.3. The minimum atomic E-state index is -0.122. The summed E-state index contributed by atoms with van der Waals surface area (Å²) in [4.78, 5) is 22.4. The van der Waals surface area contributed by atoms with Crippen molar-refractivity contribution in [1.82, 2.24) is 4.57 Å². The number of carbonyl (C=O) groups excluding carboxylic acids is 2. The van der Waals surface area contributed by atoms with Gasteiger partial charge in [-0.3, -0.25) is 9.59 Å². The van der Waals surface area contributed by atoms with Crippen LogP contribution in [0.4, 0.5) is 0 Å². The molecule has 0 fully saturated rings. The van der Waals surface area contributed by atoms with Crippen LogP contribution in [-0.2, 0) is 16.1 Å². The molecule has 1 heterocycles. The molecule has 1 rings (SSSR count). The molecule has 1 aromatic rings. The van der Waals surface area contributed by atoms with Gasteiger partial charge in [-0.25, -0.2) is 0 Å². The maximum absolute atomic E-state index is 11.3. The lowest BCUT2D eigenvalue weighted by Crippen LogP contribution is -2.06. The summed E-state index contributed by atoms with van der Waals surface area (Å²) in [7, 11) is 0. The third kappa shape index (κ3) is 4.73. The van der Waals surface area contributed by atoms with Crippen LogP contribution in [0.2, 0.25) is 0 Å². The van der Waals surface area contributed by atoms with Gasteiger partial charge < -0.3 is 9.30 Å². The number of hydrogen-bond donors (Lipinski definition) is 0. The van der Waals surface area contributed by atoms with Crippen LogP contribution in [0, 0.1) is 0 Å². The van der Waals surface area contributed by atoms with Gasteiger partial charge in [0, 0.05) is 26.1 Å². The van der Waals surface area contributed by atoms with Crippen LogP contribution in [0.5, 0.6) is 0 Å². The second-order valence-corrected chi connectivity index (χ2v) is 4.26. The number of rotatable bonds is 8. The Hall–Kier alpha value is -1.58. The summed E-state index contributed by atoms with van der Waals surface area (Å²) >= 11 is 0. The number of aromatic nitrogens is 1. The molecule has 0 saturated carbocycles. The van der Waals surface area contributed by atoms with Gasteiger partial charge in [0.1, 0.15) is 0 Å². The first-order valence-corrected chi connectivity index (χ1v) is 6.47. The number of nitrogens with zero attached hydrogens (tertiary/aromatic N) is 1. The van der Waals surface area contributed by atoms with Gasteiger partial charge in [-0.2, -0.15) is 0 Å². The maximum Gasteiger partial charge on any atom is 0.305 e. The van der Waals surface area contributed by atoms with E-state index in [1.165, 1.54) is 0 Å². The summed E-state index contributed by atoms with van der Waals surface area (Å²) in [5.74, 6) is -0.0330. The number of ether oxygens (including phenoxy) is 1. The van der Waals surface area contributed by atoms with Crippen LogP contribution in [0.1, 0.15) is 50.0 Å². The van der Waals surface area contributed by atoms with E-state index in [0.29, 0.717) is 13.0 Å². The Morgan fingerprint density at radius 2 is 2.06 bits per heavy atom. The fourth-order valence-corrected chi connectivity index (χ4v) is 1.89. The molecule has 4 nitrogen and oxygen atoms in total. The SMILES string of the molecule is CCOC(=O)CCCCCn1cccc1C(C)=O. The first-order chi connectivity index (χ1) is 8.65. The number of carbonyl (C=O) groups is 2. The zero-order valence-corrected chi connectivity index (χ0v) is 11.1. The van der Waals surface area contributed by atoms with Crippen molar-refractivity contribution in [3.05, 3.63) is 24.0 Å². The Bertz CT molecular complexity index is 395. The molecule has 0 bridgehead atoms. The van der Waals surface area contributed by atoms with Crippen molar-refractivity contribution in [2.45, 2.75) is 46.1 Å². The van der Waals surface area contributed by atoms with Crippen LogP contribution >= 0.6 is 0 Å². The van der Waals surface area contributed by atoms with Crippen LogP contribution in [0.25, 0.3) is 0 Å². The summed E-state index contributed by atoms with van der Waals surface area (Å²) in [6.45, 7) is 4.66. The van der Waals surface area contributed by atoms with E-state index < -0.39 is 0 Å². The van der Waals surface area contributed by atoms with Crippen LogP contribution in [0.15, 0.2) is 18.3 Å². The van der Waals surface area contributed by atoms with Gasteiger partial charge in [-0.1, -0.05) is 6.42 Å². The van der Waals surface area contributed by atoms with Gasteiger partial charge in [0.05, 0.1) is 12.3 Å². The Balaban J connectivity index is 2.20. The minimum Gasteiger partial charge on any atom is -0.466 e. The fourth-order valence-electron chi connectivity index (χ4n) is 1.89. The van der Waals surface area contributed by atoms with E-state index in [1.54, 1.807) is 6.92 Å². The molecule has 1 aromatic heterocycles. The summed E-state index contributed by atoms with van der Waals surface area (Å²) in [6, 6.07) is 3.72. The Morgan fingerprint density at radius 1 is 1.28 bits per heavy atom. The topological polar surface area (TPSA) is 48.3 Å². The third-order valence-corrected chi connectivity index (χ3v) is 2.78. The Morgan fingerprint density at radius 3 is 2.72 bits per heavy atom. The van der Waals surface area contributed by atoms with Gasteiger partial charge in [-0.15, -0.1) is 0 Å². The second-order valence-electron chi connectivity index (χ2n) is 4.26. The molecule has 0 radical (unpaired) electrons. The molecule has 4 heteroatoms. The second kappa shape index (κ2) is 7.69. The van der Waals surface area contributed by atoms with Crippen molar-refractivity contribution in [3.63, 3.8) is 0 Å². The molecular weight excluding hydrogens is 230 g/mol. The predicted octanol–water partition coefficient (Wildman–Crippen LogP) is 2.81. The first kappa shape index (κ1) is 14.5. The van der Waals surface area contributed by atoms with Gasteiger partial charge in [0.2, 0.25) is 0 Å². The minimum absolute atomic E-state index is 0.0894. The molecule has 0 amide bonds. The summed E-state index contributed by atoms with van der Waals surface area (Å²) < 4.78 is 6.82. The van der Waals surface area contributed by atoms with E-state index in [4.69, 9.17) is 4.74 Å². The zero-order chi connectivity index (χ0) is 13.4. The van der Waals surface area contributed by atoms with E-state index in [0.717, 1.165) is 31.5 Å². The first-order valence-electron chi connectivity index (χ1n) is 6.47. The zero-order valence-electron chi connectivity index (χ0n) is 11.1. The van der Waals surface area contributed by atoms with Crippen molar-refractivity contribution in [2.75, 3.05) is 6.61 Å². The summed E-state index contributed by atoms with van der Waals surface area (Å²) in [6.07, 6.45) is 5.18. The average molecular weight is 251 g/mol. The van der Waals surface area contributed by atoms with Gasteiger partial charge >= 0.3 is 5.97 Å². The molecule has 0 N–H and O–H groups in total. The number of ketones is 1. The average Bonchev–Trinajstić information content (AvgIpc) is 2.77. The molecule has 0 aliphatic heterocycles. The summed E-state index contributed by atoms with van der Waals surface area (Å²) in [5.41, 5.74) is 0.750. The highest BCUT2D eigenvalue weighted by Crippen LogP contribution is 2.08. The van der Waals surface area contributed by atoms with E-state index >= 15 is 0 Å². The number of hydrogen-bond acceptors (Lipinski definition) is 3. The Labute approximate surface area is 108 Å². The van der Waals surface area contributed by atoms with E-state index in [2.05, 4.69) is 0 Å². The van der Waals surface area contributed by atoms with Gasteiger partial charge in [0.15, 0.2) is 5.78 Å². The number of esters is 1. The van der Waals surface area contributed by atoms with Gasteiger partial charge in [0.25, 0.3) is 0 Å². The van der Waals surface area contributed by atoms with Crippen molar-refractivity contribution < 1.29 is 14.3 Å². The van der Waals surface area contributed by atoms with E-state index in [1.807, 2.05) is 29.8 Å². The lowest BCUT2D eigenvalue weighted by molar-refractivity contribution is -0.143. The van der Waals surface area contributed by atoms with Crippen molar-refractivity contribution in [2.24, 2.45) is 0 Å². The highest BCUT2D eigenvalue weighted by atomic mass is 16.5. The molecule has 0 aromatic carbocycles. The Kier molecular flexibility index (Phi) is 6.19. The largest absolute Gasteiger partial charge is 0.466 e. The van der Waals surface area contributed by atoms with Crippen LogP contribution < -0.4 is 0 Å². The van der Waals surface area contributed by atoms with Crippen molar-refractivity contribution in [1.29, 1.82) is 0 Å². The number of Topliss-reactive ketones (excluding diaryl/α,β-unsaturated/α-hetero) is 1. The van der Waals surface area contributed by atoms with Crippen molar-refractivity contribution in [3.8, 4) is 0 Å².